The average Bonchev–Trinajstić information content (AvgIpc) is 3.36. The zero-order valence-corrected chi connectivity index (χ0v) is 17.5. The molecule has 1 saturated heterocycles. The Morgan fingerprint density at radius 2 is 1.93 bits per heavy atom. The first-order valence-corrected chi connectivity index (χ1v) is 11.1. The molecule has 1 aromatic heterocycles. The number of carbonyl (C=O) groups excluding carboxylic acids is 1. The monoisotopic (exact) mass is 442 g/mol. The van der Waals surface area contributed by atoms with Crippen molar-refractivity contribution >= 4 is 15.9 Å². The van der Waals surface area contributed by atoms with Crippen molar-refractivity contribution in [3.8, 4) is 5.75 Å². The standard InChI is InChI=1S/C20H24F2N2O5S/c1-3-15(14-8-4-5-9-16(14)29-20(21)22)23-19(25)17-12-18(13(2)28-17)30(26,27)24-10-6-7-11-24/h4-5,8-9,12,15,20H,3,6-7,10-11H2,1-2H3,(H,23,25). The second-order valence-corrected chi connectivity index (χ2v) is 8.90. The van der Waals surface area contributed by atoms with Crippen molar-refractivity contribution in [3.05, 3.63) is 47.4 Å². The number of furan rings is 1. The third kappa shape index (κ3) is 4.65. The summed E-state index contributed by atoms with van der Waals surface area (Å²) >= 11 is 0. The summed E-state index contributed by atoms with van der Waals surface area (Å²) in [6, 6.07) is 6.78. The molecular weight excluding hydrogens is 418 g/mol. The molecular formula is C20H24F2N2O5S. The number of rotatable bonds is 8. The van der Waals surface area contributed by atoms with Gasteiger partial charge in [0, 0.05) is 24.7 Å². The number of sulfonamides is 1. The van der Waals surface area contributed by atoms with Crippen LogP contribution in [0.4, 0.5) is 8.78 Å². The number of halogens is 2. The predicted octanol–water partition coefficient (Wildman–Crippen LogP) is 3.86. The van der Waals surface area contributed by atoms with Crippen LogP contribution in [-0.4, -0.2) is 38.3 Å². The second-order valence-electron chi connectivity index (χ2n) is 6.99. The summed E-state index contributed by atoms with van der Waals surface area (Å²) in [4.78, 5) is 12.7. The van der Waals surface area contributed by atoms with Gasteiger partial charge in [-0.25, -0.2) is 8.42 Å². The summed E-state index contributed by atoms with van der Waals surface area (Å²) in [5.41, 5.74) is 0.391. The fraction of sp³-hybridized carbons (Fsp3) is 0.450. The van der Waals surface area contributed by atoms with Crippen LogP contribution in [0.1, 0.15) is 54.1 Å². The minimum absolute atomic E-state index is 0.0347. The van der Waals surface area contributed by atoms with Crippen LogP contribution >= 0.6 is 0 Å². The molecule has 1 aliphatic rings. The number of para-hydroxylation sites is 1. The van der Waals surface area contributed by atoms with E-state index in [0.29, 0.717) is 25.1 Å². The van der Waals surface area contributed by atoms with Crippen molar-refractivity contribution < 1.29 is 31.1 Å². The maximum atomic E-state index is 12.8. The van der Waals surface area contributed by atoms with Gasteiger partial charge < -0.3 is 14.5 Å². The third-order valence-electron chi connectivity index (χ3n) is 5.00. The smallest absolute Gasteiger partial charge is 0.387 e. The van der Waals surface area contributed by atoms with Crippen molar-refractivity contribution in [1.82, 2.24) is 9.62 Å². The van der Waals surface area contributed by atoms with Crippen molar-refractivity contribution in [3.63, 3.8) is 0 Å². The van der Waals surface area contributed by atoms with Crippen LogP contribution in [0.2, 0.25) is 0 Å². The van der Waals surface area contributed by atoms with Gasteiger partial charge in [0.1, 0.15) is 16.4 Å². The summed E-state index contributed by atoms with van der Waals surface area (Å²) in [6.07, 6.45) is 1.98. The van der Waals surface area contributed by atoms with Gasteiger partial charge in [-0.15, -0.1) is 0 Å². The number of carbonyl (C=O) groups is 1. The molecule has 30 heavy (non-hydrogen) atoms. The van der Waals surface area contributed by atoms with E-state index in [1.54, 1.807) is 25.1 Å². The molecule has 0 bridgehead atoms. The maximum absolute atomic E-state index is 12.8. The molecule has 1 aliphatic heterocycles. The molecule has 2 heterocycles. The lowest BCUT2D eigenvalue weighted by atomic mass is 10.0. The van der Waals surface area contributed by atoms with Crippen LogP contribution < -0.4 is 10.1 Å². The molecule has 1 aromatic carbocycles. The molecule has 0 aliphatic carbocycles. The van der Waals surface area contributed by atoms with Crippen LogP contribution in [-0.2, 0) is 10.0 Å². The second kappa shape index (κ2) is 9.13. The normalized spacial score (nSPS) is 16.0. The molecule has 10 heteroatoms. The van der Waals surface area contributed by atoms with Crippen LogP contribution in [0, 0.1) is 6.92 Å². The summed E-state index contributed by atoms with van der Waals surface area (Å²) in [5.74, 6) is -0.704. The molecule has 0 saturated carbocycles. The Balaban J connectivity index is 1.82. The van der Waals surface area contributed by atoms with Gasteiger partial charge in [-0.3, -0.25) is 4.79 Å². The Morgan fingerprint density at radius 3 is 2.57 bits per heavy atom. The predicted molar refractivity (Wildman–Crippen MR) is 105 cm³/mol. The number of benzene rings is 1. The Morgan fingerprint density at radius 1 is 1.27 bits per heavy atom. The fourth-order valence-corrected chi connectivity index (χ4v) is 5.18. The SMILES string of the molecule is CCC(NC(=O)c1cc(S(=O)(=O)N2CCCC2)c(C)o1)c1ccccc1OC(F)F. The topological polar surface area (TPSA) is 88.9 Å². The molecule has 0 spiro atoms. The number of aryl methyl sites for hydroxylation is 1. The summed E-state index contributed by atoms with van der Waals surface area (Å²) < 4.78 is 62.3. The van der Waals surface area contributed by atoms with Gasteiger partial charge in [-0.2, -0.15) is 13.1 Å². The largest absolute Gasteiger partial charge is 0.455 e. The highest BCUT2D eigenvalue weighted by Gasteiger charge is 2.32. The van der Waals surface area contributed by atoms with Gasteiger partial charge in [0.05, 0.1) is 6.04 Å². The number of ether oxygens (including phenoxy) is 1. The molecule has 1 amide bonds. The van der Waals surface area contributed by atoms with Crippen molar-refractivity contribution in [2.75, 3.05) is 13.1 Å². The van der Waals surface area contributed by atoms with Gasteiger partial charge in [-0.1, -0.05) is 25.1 Å². The van der Waals surface area contributed by atoms with Crippen molar-refractivity contribution in [2.45, 2.75) is 50.7 Å². The van der Waals surface area contributed by atoms with Crippen molar-refractivity contribution in [2.24, 2.45) is 0 Å². The first kappa shape index (κ1) is 22.2. The Kier molecular flexibility index (Phi) is 6.77. The van der Waals surface area contributed by atoms with Gasteiger partial charge in [0.15, 0.2) is 5.76 Å². The van der Waals surface area contributed by atoms with E-state index in [2.05, 4.69) is 10.1 Å². The van der Waals surface area contributed by atoms with Crippen molar-refractivity contribution in [1.29, 1.82) is 0 Å². The molecule has 1 unspecified atom stereocenters. The van der Waals surface area contributed by atoms with E-state index >= 15 is 0 Å². The van der Waals surface area contributed by atoms with Gasteiger partial charge in [0.2, 0.25) is 10.0 Å². The van der Waals surface area contributed by atoms with E-state index in [4.69, 9.17) is 4.42 Å². The summed E-state index contributed by atoms with van der Waals surface area (Å²) in [5, 5.41) is 2.71. The lowest BCUT2D eigenvalue weighted by Crippen LogP contribution is -2.29. The van der Waals surface area contributed by atoms with E-state index in [-0.39, 0.29) is 22.2 Å². The van der Waals surface area contributed by atoms with Gasteiger partial charge in [0.25, 0.3) is 5.91 Å². The molecule has 0 radical (unpaired) electrons. The van der Waals surface area contributed by atoms with E-state index in [1.165, 1.54) is 23.4 Å². The van der Waals surface area contributed by atoms with Crippen LogP contribution in [0.25, 0.3) is 0 Å². The number of nitrogens with zero attached hydrogens (tertiary/aromatic N) is 1. The van der Waals surface area contributed by atoms with E-state index in [1.807, 2.05) is 0 Å². The average molecular weight is 442 g/mol. The lowest BCUT2D eigenvalue weighted by molar-refractivity contribution is -0.0507. The fourth-order valence-electron chi connectivity index (χ4n) is 3.50. The summed E-state index contributed by atoms with van der Waals surface area (Å²) in [6.45, 7) is 1.15. The van der Waals surface area contributed by atoms with E-state index in [9.17, 15) is 22.0 Å². The minimum Gasteiger partial charge on any atom is -0.455 e. The highest BCUT2D eigenvalue weighted by atomic mass is 32.2. The van der Waals surface area contributed by atoms with Crippen LogP contribution in [0.15, 0.2) is 39.6 Å². The first-order valence-electron chi connectivity index (χ1n) is 9.69. The lowest BCUT2D eigenvalue weighted by Gasteiger charge is -2.20. The quantitative estimate of drug-likeness (QED) is 0.671. The molecule has 1 fully saturated rings. The highest BCUT2D eigenvalue weighted by Crippen LogP contribution is 2.30. The molecule has 164 valence electrons. The first-order chi connectivity index (χ1) is 14.2. The van der Waals surface area contributed by atoms with E-state index < -0.39 is 28.6 Å². The molecule has 1 atom stereocenters. The van der Waals surface area contributed by atoms with Crippen LogP contribution in [0.5, 0.6) is 5.75 Å². The zero-order chi connectivity index (χ0) is 21.9. The Labute approximate surface area is 174 Å². The minimum atomic E-state index is -3.73. The number of hydrogen-bond acceptors (Lipinski definition) is 5. The molecule has 3 rings (SSSR count). The van der Waals surface area contributed by atoms with Gasteiger partial charge in [-0.05, 0) is 32.3 Å². The number of hydrogen-bond donors (Lipinski definition) is 1. The Bertz CT molecular complexity index is 1000. The maximum Gasteiger partial charge on any atom is 0.387 e. The molecule has 7 nitrogen and oxygen atoms in total. The highest BCUT2D eigenvalue weighted by molar-refractivity contribution is 7.89. The zero-order valence-electron chi connectivity index (χ0n) is 16.7. The van der Waals surface area contributed by atoms with E-state index in [0.717, 1.165) is 12.8 Å². The number of nitrogens with one attached hydrogen (secondary N) is 1. The van der Waals surface area contributed by atoms with Crippen LogP contribution in [0.3, 0.4) is 0 Å². The third-order valence-corrected chi connectivity index (χ3v) is 7.01. The molecule has 2 aromatic rings. The molecule has 1 N–H and O–H groups in total. The number of alkyl halides is 2. The van der Waals surface area contributed by atoms with Gasteiger partial charge >= 0.3 is 6.61 Å². The Hall–Kier alpha value is -2.46. The summed E-state index contributed by atoms with van der Waals surface area (Å²) in [7, 11) is -3.73. The number of amides is 1.